The summed E-state index contributed by atoms with van der Waals surface area (Å²) in [5.41, 5.74) is -0.250. The summed E-state index contributed by atoms with van der Waals surface area (Å²) in [5.74, 6) is 4.06. The number of nitrogens with zero attached hydrogens (tertiary/aromatic N) is 2. The Hall–Kier alpha value is -1.52. The van der Waals surface area contributed by atoms with Gasteiger partial charge < -0.3 is 18.6 Å². The molecule has 0 saturated carbocycles. The zero-order valence-corrected chi connectivity index (χ0v) is 16.8. The largest absolute Gasteiger partial charge is 0.465 e. The third kappa shape index (κ3) is 5.75. The fourth-order valence-electron chi connectivity index (χ4n) is 2.96. The van der Waals surface area contributed by atoms with E-state index < -0.39 is 0 Å². The second kappa shape index (κ2) is 8.72. The minimum Gasteiger partial charge on any atom is -0.465 e. The molecule has 4 nitrogen and oxygen atoms in total. The fourth-order valence-corrected chi connectivity index (χ4v) is 2.96. The van der Waals surface area contributed by atoms with E-state index in [0.717, 1.165) is 61.8 Å². The third-order valence-electron chi connectivity index (χ3n) is 4.61. The average Bonchev–Trinajstić information content (AvgIpc) is 3.16. The van der Waals surface area contributed by atoms with Crippen LogP contribution >= 0.6 is 0 Å². The minimum atomic E-state index is -0.250. The Morgan fingerprint density at radius 1 is 0.720 bits per heavy atom. The summed E-state index contributed by atoms with van der Waals surface area (Å²) in [7, 11) is 8.40. The normalized spacial score (nSPS) is 12.5. The Kier molecular flexibility index (Phi) is 6.91. The van der Waals surface area contributed by atoms with Crippen LogP contribution in [0.1, 0.15) is 49.7 Å². The van der Waals surface area contributed by atoms with Gasteiger partial charge in [0.05, 0.1) is 5.41 Å². The van der Waals surface area contributed by atoms with Crippen molar-refractivity contribution in [2.45, 2.75) is 44.9 Å². The SMILES string of the molecule is CN(C)CCCc1ccc(C(C)(C)c2ccc(CCCN(C)C)o2)o1. The summed E-state index contributed by atoms with van der Waals surface area (Å²) < 4.78 is 12.2. The zero-order chi connectivity index (χ0) is 18.4. The van der Waals surface area contributed by atoms with Gasteiger partial charge in [-0.25, -0.2) is 0 Å². The van der Waals surface area contributed by atoms with Gasteiger partial charge >= 0.3 is 0 Å². The molecule has 0 spiro atoms. The maximum absolute atomic E-state index is 6.12. The van der Waals surface area contributed by atoms with Gasteiger partial charge in [0.25, 0.3) is 0 Å². The van der Waals surface area contributed by atoms with Crippen LogP contribution in [0.5, 0.6) is 0 Å². The Morgan fingerprint density at radius 2 is 1.12 bits per heavy atom. The van der Waals surface area contributed by atoms with E-state index >= 15 is 0 Å². The van der Waals surface area contributed by atoms with E-state index in [9.17, 15) is 0 Å². The number of hydrogen-bond donors (Lipinski definition) is 0. The van der Waals surface area contributed by atoms with Crippen molar-refractivity contribution in [2.24, 2.45) is 0 Å². The summed E-state index contributed by atoms with van der Waals surface area (Å²) in [6.07, 6.45) is 4.17. The predicted molar refractivity (Wildman–Crippen MR) is 103 cm³/mol. The lowest BCUT2D eigenvalue weighted by Crippen LogP contribution is -2.17. The minimum absolute atomic E-state index is 0.250. The second-order valence-electron chi connectivity index (χ2n) is 7.97. The lowest BCUT2D eigenvalue weighted by molar-refractivity contribution is 0.332. The van der Waals surface area contributed by atoms with Crippen LogP contribution in [0.15, 0.2) is 33.1 Å². The monoisotopic (exact) mass is 346 g/mol. The number of rotatable bonds is 10. The van der Waals surface area contributed by atoms with Gasteiger partial charge in [-0.15, -0.1) is 0 Å². The molecule has 0 fully saturated rings. The van der Waals surface area contributed by atoms with E-state index in [1.165, 1.54) is 0 Å². The van der Waals surface area contributed by atoms with Gasteiger partial charge in [0, 0.05) is 12.8 Å². The highest BCUT2D eigenvalue weighted by Crippen LogP contribution is 2.34. The van der Waals surface area contributed by atoms with Gasteiger partial charge in [-0.05, 0) is 92.2 Å². The van der Waals surface area contributed by atoms with Crippen LogP contribution in [0, 0.1) is 0 Å². The highest BCUT2D eigenvalue weighted by Gasteiger charge is 2.30. The Morgan fingerprint density at radius 3 is 1.48 bits per heavy atom. The van der Waals surface area contributed by atoms with Crippen LogP contribution in [0.4, 0.5) is 0 Å². The molecule has 0 aromatic carbocycles. The van der Waals surface area contributed by atoms with Gasteiger partial charge in [0.15, 0.2) is 0 Å². The molecule has 0 aliphatic heterocycles. The van der Waals surface area contributed by atoms with E-state index in [4.69, 9.17) is 8.83 Å². The molecule has 0 amide bonds. The van der Waals surface area contributed by atoms with E-state index in [1.807, 2.05) is 0 Å². The molecule has 140 valence electrons. The molecule has 0 radical (unpaired) electrons. The molecule has 25 heavy (non-hydrogen) atoms. The quantitative estimate of drug-likeness (QED) is 0.646. The van der Waals surface area contributed by atoms with Crippen molar-refractivity contribution in [3.8, 4) is 0 Å². The summed E-state index contributed by atoms with van der Waals surface area (Å²) in [4.78, 5) is 4.41. The molecule has 0 bridgehead atoms. The van der Waals surface area contributed by atoms with Crippen LogP contribution in [-0.2, 0) is 18.3 Å². The molecule has 2 heterocycles. The smallest absolute Gasteiger partial charge is 0.117 e. The van der Waals surface area contributed by atoms with Crippen LogP contribution in [0.25, 0.3) is 0 Å². The molecular formula is C21H34N2O2. The van der Waals surface area contributed by atoms with Crippen molar-refractivity contribution < 1.29 is 8.83 Å². The standard InChI is InChI=1S/C21H34N2O2/c1-21(2,19-13-11-17(24-19)9-7-15-22(3)4)20-14-12-18(25-20)10-8-16-23(5)6/h11-14H,7-10,15-16H2,1-6H3. The van der Waals surface area contributed by atoms with Crippen LogP contribution < -0.4 is 0 Å². The number of aryl methyl sites for hydroxylation is 2. The molecule has 0 aliphatic carbocycles. The lowest BCUT2D eigenvalue weighted by Gasteiger charge is -2.19. The molecule has 0 aliphatic rings. The van der Waals surface area contributed by atoms with Crippen LogP contribution in [0.2, 0.25) is 0 Å². The van der Waals surface area contributed by atoms with Gasteiger partial charge in [0.1, 0.15) is 23.0 Å². The van der Waals surface area contributed by atoms with Gasteiger partial charge in [0.2, 0.25) is 0 Å². The fraction of sp³-hybridized carbons (Fsp3) is 0.619. The molecule has 4 heteroatoms. The van der Waals surface area contributed by atoms with Gasteiger partial charge in [-0.3, -0.25) is 0 Å². The first kappa shape index (κ1) is 19.8. The van der Waals surface area contributed by atoms with E-state index in [2.05, 4.69) is 76.1 Å². The van der Waals surface area contributed by atoms with Crippen molar-refractivity contribution >= 4 is 0 Å². The Labute approximate surface area is 152 Å². The number of hydrogen-bond acceptors (Lipinski definition) is 4. The molecule has 0 saturated heterocycles. The second-order valence-corrected chi connectivity index (χ2v) is 7.97. The van der Waals surface area contributed by atoms with Crippen LogP contribution in [0.3, 0.4) is 0 Å². The molecule has 2 aromatic rings. The van der Waals surface area contributed by atoms with E-state index in [0.29, 0.717) is 0 Å². The molecule has 0 N–H and O–H groups in total. The number of furan rings is 2. The van der Waals surface area contributed by atoms with Crippen molar-refractivity contribution in [1.82, 2.24) is 9.80 Å². The molecule has 0 unspecified atom stereocenters. The topological polar surface area (TPSA) is 32.8 Å². The lowest BCUT2D eigenvalue weighted by atomic mass is 9.87. The third-order valence-corrected chi connectivity index (χ3v) is 4.61. The molecule has 2 rings (SSSR count). The first-order valence-corrected chi connectivity index (χ1v) is 9.27. The summed E-state index contributed by atoms with van der Waals surface area (Å²) in [6.45, 7) is 6.48. The zero-order valence-electron chi connectivity index (χ0n) is 16.8. The van der Waals surface area contributed by atoms with Gasteiger partial charge in [-0.2, -0.15) is 0 Å². The summed E-state index contributed by atoms with van der Waals surface area (Å²) >= 11 is 0. The van der Waals surface area contributed by atoms with Crippen molar-refractivity contribution in [3.63, 3.8) is 0 Å². The van der Waals surface area contributed by atoms with Crippen molar-refractivity contribution in [2.75, 3.05) is 41.3 Å². The first-order valence-electron chi connectivity index (χ1n) is 9.27. The van der Waals surface area contributed by atoms with E-state index in [-0.39, 0.29) is 5.41 Å². The van der Waals surface area contributed by atoms with E-state index in [1.54, 1.807) is 0 Å². The summed E-state index contributed by atoms with van der Waals surface area (Å²) in [5, 5.41) is 0. The summed E-state index contributed by atoms with van der Waals surface area (Å²) in [6, 6.07) is 8.40. The highest BCUT2D eigenvalue weighted by atomic mass is 16.4. The van der Waals surface area contributed by atoms with Crippen molar-refractivity contribution in [3.05, 3.63) is 47.3 Å². The maximum atomic E-state index is 6.12. The Bertz CT molecular complexity index is 584. The van der Waals surface area contributed by atoms with Crippen molar-refractivity contribution in [1.29, 1.82) is 0 Å². The highest BCUT2D eigenvalue weighted by molar-refractivity contribution is 5.28. The predicted octanol–water partition coefficient (Wildman–Crippen LogP) is 4.19. The van der Waals surface area contributed by atoms with Gasteiger partial charge in [-0.1, -0.05) is 0 Å². The molecular weight excluding hydrogens is 312 g/mol. The average molecular weight is 347 g/mol. The Balaban J connectivity index is 1.98. The molecule has 0 atom stereocenters. The first-order chi connectivity index (χ1) is 11.8. The van der Waals surface area contributed by atoms with Crippen LogP contribution in [-0.4, -0.2) is 51.1 Å². The molecule has 2 aromatic heterocycles. The maximum Gasteiger partial charge on any atom is 0.117 e.